The molecule has 0 atom stereocenters. The van der Waals surface area contributed by atoms with Crippen molar-refractivity contribution in [3.8, 4) is 0 Å². The largest absolute Gasteiger partial charge is 0.480 e. The van der Waals surface area contributed by atoms with E-state index in [1.165, 1.54) is 4.90 Å². The Bertz CT molecular complexity index is 426. The number of hydrogen-bond donors (Lipinski definition) is 2. The fraction of sp³-hybridized carbons (Fsp3) is 0.385. The molecule has 5 nitrogen and oxygen atoms in total. The lowest BCUT2D eigenvalue weighted by atomic mass is 10.1. The highest BCUT2D eigenvalue weighted by Gasteiger charge is 2.19. The normalized spacial score (nSPS) is 10.4. The standard InChI is InChI=1S/C13H18N2O3/c1-9(2)15(8-13(17)18)12(16)7-10-3-5-11(14)6-4-10/h3-6,9H,7-8,14H2,1-2H3,(H,17,18). The van der Waals surface area contributed by atoms with Crippen LogP contribution in [0.1, 0.15) is 19.4 Å². The van der Waals surface area contributed by atoms with Gasteiger partial charge in [0.2, 0.25) is 5.91 Å². The molecule has 0 radical (unpaired) electrons. The van der Waals surface area contributed by atoms with Gasteiger partial charge in [0.25, 0.3) is 0 Å². The molecule has 18 heavy (non-hydrogen) atoms. The van der Waals surface area contributed by atoms with Gasteiger partial charge in [-0.25, -0.2) is 0 Å². The lowest BCUT2D eigenvalue weighted by Crippen LogP contribution is -2.41. The van der Waals surface area contributed by atoms with Crippen LogP contribution in [0.5, 0.6) is 0 Å². The van der Waals surface area contributed by atoms with E-state index in [1.54, 1.807) is 38.1 Å². The molecule has 3 N–H and O–H groups in total. The zero-order valence-corrected chi connectivity index (χ0v) is 10.6. The number of hydrogen-bond acceptors (Lipinski definition) is 3. The fourth-order valence-electron chi connectivity index (χ4n) is 1.62. The molecule has 0 aromatic heterocycles. The maximum atomic E-state index is 12.0. The third kappa shape index (κ3) is 4.08. The summed E-state index contributed by atoms with van der Waals surface area (Å²) in [5, 5.41) is 8.77. The quantitative estimate of drug-likeness (QED) is 0.767. The average molecular weight is 250 g/mol. The second kappa shape index (κ2) is 6.05. The number of rotatable bonds is 5. The van der Waals surface area contributed by atoms with E-state index in [0.717, 1.165) is 5.56 Å². The summed E-state index contributed by atoms with van der Waals surface area (Å²) >= 11 is 0. The van der Waals surface area contributed by atoms with Crippen molar-refractivity contribution in [1.29, 1.82) is 0 Å². The van der Waals surface area contributed by atoms with E-state index in [0.29, 0.717) is 5.69 Å². The third-order valence-electron chi connectivity index (χ3n) is 2.58. The van der Waals surface area contributed by atoms with Crippen molar-refractivity contribution in [2.24, 2.45) is 0 Å². The maximum Gasteiger partial charge on any atom is 0.323 e. The number of benzene rings is 1. The van der Waals surface area contributed by atoms with Crippen molar-refractivity contribution in [3.63, 3.8) is 0 Å². The first kappa shape index (κ1) is 14.0. The van der Waals surface area contributed by atoms with Crippen molar-refractivity contribution in [1.82, 2.24) is 4.90 Å². The Morgan fingerprint density at radius 3 is 2.28 bits per heavy atom. The molecule has 0 aliphatic heterocycles. The minimum atomic E-state index is -1.01. The average Bonchev–Trinajstić information content (AvgIpc) is 2.28. The van der Waals surface area contributed by atoms with Crippen molar-refractivity contribution in [3.05, 3.63) is 29.8 Å². The van der Waals surface area contributed by atoms with Crippen LogP contribution in [0.25, 0.3) is 0 Å². The van der Waals surface area contributed by atoms with E-state index in [2.05, 4.69) is 0 Å². The Morgan fingerprint density at radius 2 is 1.83 bits per heavy atom. The molecule has 0 spiro atoms. The third-order valence-corrected chi connectivity index (χ3v) is 2.58. The monoisotopic (exact) mass is 250 g/mol. The Labute approximate surface area is 106 Å². The zero-order valence-electron chi connectivity index (χ0n) is 10.6. The molecule has 1 aromatic carbocycles. The lowest BCUT2D eigenvalue weighted by molar-refractivity contribution is -0.145. The molecular weight excluding hydrogens is 232 g/mol. The number of nitrogen functional groups attached to an aromatic ring is 1. The van der Waals surface area contributed by atoms with Gasteiger partial charge in [0, 0.05) is 11.7 Å². The number of carboxylic acid groups (broad SMARTS) is 1. The fourth-order valence-corrected chi connectivity index (χ4v) is 1.62. The Hall–Kier alpha value is -2.04. The first-order valence-corrected chi connectivity index (χ1v) is 5.76. The summed E-state index contributed by atoms with van der Waals surface area (Å²) in [5.74, 6) is -1.20. The summed E-state index contributed by atoms with van der Waals surface area (Å²) in [6.07, 6.45) is 0.186. The highest BCUT2D eigenvalue weighted by Crippen LogP contribution is 2.09. The molecule has 0 bridgehead atoms. The molecule has 98 valence electrons. The van der Waals surface area contributed by atoms with Gasteiger partial charge in [-0.3, -0.25) is 9.59 Å². The van der Waals surface area contributed by atoms with Crippen LogP contribution in [0, 0.1) is 0 Å². The summed E-state index contributed by atoms with van der Waals surface area (Å²) in [6, 6.07) is 6.85. The predicted molar refractivity (Wildman–Crippen MR) is 69.0 cm³/mol. The first-order valence-electron chi connectivity index (χ1n) is 5.76. The highest BCUT2D eigenvalue weighted by molar-refractivity contribution is 5.83. The van der Waals surface area contributed by atoms with E-state index in [1.807, 2.05) is 0 Å². The molecule has 5 heteroatoms. The maximum absolute atomic E-state index is 12.0. The minimum absolute atomic E-state index is 0.137. The van der Waals surface area contributed by atoms with Gasteiger partial charge < -0.3 is 15.7 Å². The van der Waals surface area contributed by atoms with Gasteiger partial charge in [-0.15, -0.1) is 0 Å². The minimum Gasteiger partial charge on any atom is -0.480 e. The number of aliphatic carboxylic acids is 1. The first-order chi connectivity index (χ1) is 8.40. The van der Waals surface area contributed by atoms with E-state index in [9.17, 15) is 9.59 Å². The Balaban J connectivity index is 2.72. The van der Waals surface area contributed by atoms with Crippen LogP contribution in [0.4, 0.5) is 5.69 Å². The molecule has 0 fully saturated rings. The van der Waals surface area contributed by atoms with E-state index >= 15 is 0 Å². The molecule has 1 amide bonds. The molecule has 0 heterocycles. The smallest absolute Gasteiger partial charge is 0.323 e. The highest BCUT2D eigenvalue weighted by atomic mass is 16.4. The molecule has 1 aromatic rings. The molecule has 0 aliphatic rings. The van der Waals surface area contributed by atoms with Crippen LogP contribution in [-0.2, 0) is 16.0 Å². The second-order valence-electron chi connectivity index (χ2n) is 4.43. The summed E-state index contributed by atoms with van der Waals surface area (Å²) in [7, 11) is 0. The Kier molecular flexibility index (Phi) is 4.71. The van der Waals surface area contributed by atoms with Gasteiger partial charge in [0.15, 0.2) is 0 Å². The molecular formula is C13H18N2O3. The van der Waals surface area contributed by atoms with E-state index < -0.39 is 5.97 Å². The SMILES string of the molecule is CC(C)N(CC(=O)O)C(=O)Cc1ccc(N)cc1. The van der Waals surface area contributed by atoms with Crippen molar-refractivity contribution < 1.29 is 14.7 Å². The zero-order chi connectivity index (χ0) is 13.7. The lowest BCUT2D eigenvalue weighted by Gasteiger charge is -2.24. The van der Waals surface area contributed by atoms with Gasteiger partial charge in [0.1, 0.15) is 6.54 Å². The van der Waals surface area contributed by atoms with Crippen LogP contribution < -0.4 is 5.73 Å². The second-order valence-corrected chi connectivity index (χ2v) is 4.43. The van der Waals surface area contributed by atoms with Gasteiger partial charge in [-0.05, 0) is 31.5 Å². The van der Waals surface area contributed by atoms with Gasteiger partial charge in [-0.2, -0.15) is 0 Å². The predicted octanol–water partition coefficient (Wildman–Crippen LogP) is 1.13. The van der Waals surface area contributed by atoms with Gasteiger partial charge in [0.05, 0.1) is 6.42 Å². The number of nitrogens with two attached hydrogens (primary N) is 1. The number of carbonyl (C=O) groups is 2. The summed E-state index contributed by atoms with van der Waals surface area (Å²) in [5.41, 5.74) is 7.02. The molecule has 0 unspecified atom stereocenters. The van der Waals surface area contributed by atoms with Crippen LogP contribution in [0.15, 0.2) is 24.3 Å². The molecule has 1 rings (SSSR count). The Morgan fingerprint density at radius 1 is 1.28 bits per heavy atom. The summed E-state index contributed by atoms with van der Waals surface area (Å²) < 4.78 is 0. The summed E-state index contributed by atoms with van der Waals surface area (Å²) in [4.78, 5) is 24.1. The number of nitrogens with zero attached hydrogens (tertiary/aromatic N) is 1. The molecule has 0 saturated heterocycles. The van der Waals surface area contributed by atoms with Crippen molar-refractivity contribution in [2.45, 2.75) is 26.3 Å². The van der Waals surface area contributed by atoms with Gasteiger partial charge in [-0.1, -0.05) is 12.1 Å². The van der Waals surface area contributed by atoms with Crippen LogP contribution in [0.2, 0.25) is 0 Å². The van der Waals surface area contributed by atoms with E-state index in [-0.39, 0.29) is 24.9 Å². The number of carbonyl (C=O) groups excluding carboxylic acids is 1. The summed E-state index contributed by atoms with van der Waals surface area (Å²) in [6.45, 7) is 3.32. The molecule has 0 saturated carbocycles. The number of amides is 1. The van der Waals surface area contributed by atoms with Crippen LogP contribution in [-0.4, -0.2) is 34.5 Å². The number of carboxylic acids is 1. The van der Waals surface area contributed by atoms with Crippen molar-refractivity contribution in [2.75, 3.05) is 12.3 Å². The number of anilines is 1. The van der Waals surface area contributed by atoms with Crippen LogP contribution >= 0.6 is 0 Å². The van der Waals surface area contributed by atoms with E-state index in [4.69, 9.17) is 10.8 Å². The topological polar surface area (TPSA) is 83.6 Å². The molecule has 0 aliphatic carbocycles. The van der Waals surface area contributed by atoms with Crippen molar-refractivity contribution >= 4 is 17.6 Å². The van der Waals surface area contributed by atoms with Gasteiger partial charge >= 0.3 is 5.97 Å². The van der Waals surface area contributed by atoms with Crippen LogP contribution in [0.3, 0.4) is 0 Å².